The summed E-state index contributed by atoms with van der Waals surface area (Å²) in [5.74, 6) is -0.111. The fraction of sp³-hybridized carbons (Fsp3) is 0.455. The van der Waals surface area contributed by atoms with Gasteiger partial charge in [0.1, 0.15) is 0 Å². The van der Waals surface area contributed by atoms with Crippen molar-refractivity contribution in [1.29, 1.82) is 0 Å². The summed E-state index contributed by atoms with van der Waals surface area (Å²) in [7, 11) is -3.56. The first kappa shape index (κ1) is 16.9. The number of anilines is 1. The number of halogens is 1. The maximum Gasteiger partial charge on any atom is 0.271 e. The summed E-state index contributed by atoms with van der Waals surface area (Å²) in [5, 5.41) is 13.7. The van der Waals surface area contributed by atoms with Crippen molar-refractivity contribution in [2.75, 3.05) is 17.0 Å². The monoisotopic (exact) mass is 365 g/mol. The van der Waals surface area contributed by atoms with Gasteiger partial charge in [0.25, 0.3) is 5.69 Å². The molecule has 0 spiro atoms. The molecule has 112 valence electrons. The second-order valence-corrected chi connectivity index (χ2v) is 7.15. The van der Waals surface area contributed by atoms with Crippen LogP contribution in [0.15, 0.2) is 22.7 Å². The summed E-state index contributed by atoms with van der Waals surface area (Å²) in [5.41, 5.74) is -0.0186. The van der Waals surface area contributed by atoms with Crippen LogP contribution in [-0.4, -0.2) is 31.7 Å². The van der Waals surface area contributed by atoms with Gasteiger partial charge in [-0.05, 0) is 22.0 Å². The average Bonchev–Trinajstić information content (AvgIpc) is 2.30. The maximum atomic E-state index is 11.9. The highest BCUT2D eigenvalue weighted by Crippen LogP contribution is 2.27. The van der Waals surface area contributed by atoms with Gasteiger partial charge in [0, 0.05) is 29.2 Å². The van der Waals surface area contributed by atoms with Crippen LogP contribution in [-0.2, 0) is 10.0 Å². The molecule has 0 fully saturated rings. The fourth-order valence-electron chi connectivity index (χ4n) is 1.41. The van der Waals surface area contributed by atoms with E-state index in [9.17, 15) is 18.5 Å². The Balaban J connectivity index is 2.81. The van der Waals surface area contributed by atoms with Gasteiger partial charge in [0.15, 0.2) is 0 Å². The molecular formula is C11H16BrN3O4S. The number of hydrogen-bond donors (Lipinski definition) is 2. The number of sulfonamides is 1. The maximum absolute atomic E-state index is 11.9. The lowest BCUT2D eigenvalue weighted by molar-refractivity contribution is -0.384. The van der Waals surface area contributed by atoms with Crippen LogP contribution in [0.2, 0.25) is 0 Å². The number of nitro groups is 1. The number of nitro benzene ring substituents is 1. The van der Waals surface area contributed by atoms with Crippen LogP contribution in [0.5, 0.6) is 0 Å². The van der Waals surface area contributed by atoms with E-state index >= 15 is 0 Å². The minimum atomic E-state index is -3.56. The molecule has 0 saturated carbocycles. The molecule has 2 N–H and O–H groups in total. The van der Waals surface area contributed by atoms with Crippen molar-refractivity contribution < 1.29 is 13.3 Å². The Morgan fingerprint density at radius 3 is 2.60 bits per heavy atom. The van der Waals surface area contributed by atoms with Crippen molar-refractivity contribution in [3.8, 4) is 0 Å². The van der Waals surface area contributed by atoms with Gasteiger partial charge >= 0.3 is 0 Å². The lowest BCUT2D eigenvalue weighted by atomic mass is 10.3. The van der Waals surface area contributed by atoms with Crippen LogP contribution in [0, 0.1) is 10.1 Å². The molecule has 7 nitrogen and oxygen atoms in total. The van der Waals surface area contributed by atoms with Gasteiger partial charge in [-0.25, -0.2) is 8.42 Å². The van der Waals surface area contributed by atoms with Gasteiger partial charge in [-0.1, -0.05) is 13.8 Å². The molecular weight excluding hydrogens is 350 g/mol. The minimum absolute atomic E-state index is 0.111. The standard InChI is InChI=1S/C11H16BrN3O4S/c1-8(2)13-5-6-20(18,19)14-11-7-9(15(16)17)3-4-10(11)12/h3-4,7-8,13-14H,5-6H2,1-2H3. The van der Waals surface area contributed by atoms with E-state index in [2.05, 4.69) is 26.0 Å². The second kappa shape index (κ2) is 7.00. The highest BCUT2D eigenvalue weighted by molar-refractivity contribution is 9.10. The number of rotatable bonds is 7. The van der Waals surface area contributed by atoms with Crippen molar-refractivity contribution in [3.05, 3.63) is 32.8 Å². The molecule has 1 aromatic carbocycles. The van der Waals surface area contributed by atoms with E-state index in [1.165, 1.54) is 18.2 Å². The fourth-order valence-corrected chi connectivity index (χ4v) is 2.88. The highest BCUT2D eigenvalue weighted by atomic mass is 79.9. The van der Waals surface area contributed by atoms with Crippen molar-refractivity contribution in [2.45, 2.75) is 19.9 Å². The first-order chi connectivity index (χ1) is 9.21. The lowest BCUT2D eigenvalue weighted by Gasteiger charge is -2.11. The second-order valence-electron chi connectivity index (χ2n) is 4.45. The zero-order chi connectivity index (χ0) is 15.3. The van der Waals surface area contributed by atoms with Crippen LogP contribution >= 0.6 is 15.9 Å². The van der Waals surface area contributed by atoms with Crippen LogP contribution in [0.3, 0.4) is 0 Å². The third kappa shape index (κ3) is 5.43. The largest absolute Gasteiger partial charge is 0.313 e. The minimum Gasteiger partial charge on any atom is -0.313 e. The van der Waals surface area contributed by atoms with Crippen LogP contribution in [0.4, 0.5) is 11.4 Å². The normalized spacial score (nSPS) is 11.6. The van der Waals surface area contributed by atoms with E-state index in [-0.39, 0.29) is 23.2 Å². The molecule has 0 atom stereocenters. The topological polar surface area (TPSA) is 101 Å². The molecule has 1 aromatic rings. The van der Waals surface area contributed by atoms with Gasteiger partial charge in [-0.2, -0.15) is 0 Å². The van der Waals surface area contributed by atoms with Crippen LogP contribution < -0.4 is 10.0 Å². The van der Waals surface area contributed by atoms with Crippen molar-refractivity contribution >= 4 is 37.3 Å². The van der Waals surface area contributed by atoms with E-state index in [1.807, 2.05) is 13.8 Å². The van der Waals surface area contributed by atoms with Gasteiger partial charge in [0.2, 0.25) is 10.0 Å². The summed E-state index contributed by atoms with van der Waals surface area (Å²) < 4.78 is 26.5. The summed E-state index contributed by atoms with van der Waals surface area (Å²) >= 11 is 3.16. The smallest absolute Gasteiger partial charge is 0.271 e. The molecule has 20 heavy (non-hydrogen) atoms. The van der Waals surface area contributed by atoms with Gasteiger partial charge < -0.3 is 5.32 Å². The number of hydrogen-bond acceptors (Lipinski definition) is 5. The molecule has 0 heterocycles. The van der Waals surface area contributed by atoms with Gasteiger partial charge in [-0.15, -0.1) is 0 Å². The van der Waals surface area contributed by atoms with E-state index in [1.54, 1.807) is 0 Å². The van der Waals surface area contributed by atoms with Crippen molar-refractivity contribution in [1.82, 2.24) is 5.32 Å². The Hall–Kier alpha value is -1.19. The van der Waals surface area contributed by atoms with Gasteiger partial charge in [0.05, 0.1) is 16.4 Å². The molecule has 0 saturated heterocycles. The number of nitrogens with zero attached hydrogens (tertiary/aromatic N) is 1. The Morgan fingerprint density at radius 2 is 2.05 bits per heavy atom. The molecule has 0 aliphatic rings. The highest BCUT2D eigenvalue weighted by Gasteiger charge is 2.15. The van der Waals surface area contributed by atoms with E-state index in [0.717, 1.165) is 0 Å². The zero-order valence-electron chi connectivity index (χ0n) is 11.1. The zero-order valence-corrected chi connectivity index (χ0v) is 13.5. The third-order valence-corrected chi connectivity index (χ3v) is 4.31. The first-order valence-electron chi connectivity index (χ1n) is 5.89. The molecule has 0 bridgehead atoms. The Bertz CT molecular complexity index is 589. The summed E-state index contributed by atoms with van der Waals surface area (Å²) in [6, 6.07) is 4.09. The Labute approximate surface area is 126 Å². The lowest BCUT2D eigenvalue weighted by Crippen LogP contribution is -2.31. The molecule has 0 radical (unpaired) electrons. The van der Waals surface area contributed by atoms with Crippen molar-refractivity contribution in [2.24, 2.45) is 0 Å². The molecule has 0 aliphatic carbocycles. The Kier molecular flexibility index (Phi) is 5.90. The Morgan fingerprint density at radius 1 is 1.40 bits per heavy atom. The summed E-state index contributed by atoms with van der Waals surface area (Å²) in [6.45, 7) is 4.13. The van der Waals surface area contributed by atoms with Crippen molar-refractivity contribution in [3.63, 3.8) is 0 Å². The molecule has 0 unspecified atom stereocenters. The SMILES string of the molecule is CC(C)NCCS(=O)(=O)Nc1cc([N+](=O)[O-])ccc1Br. The predicted octanol–water partition coefficient (Wildman–Crippen LogP) is 2.10. The van der Waals surface area contributed by atoms with Crippen LogP contribution in [0.1, 0.15) is 13.8 Å². The number of non-ortho nitro benzene ring substituents is 1. The molecule has 9 heteroatoms. The van der Waals surface area contributed by atoms with Gasteiger partial charge in [-0.3, -0.25) is 14.8 Å². The molecule has 0 amide bonds. The first-order valence-corrected chi connectivity index (χ1v) is 8.33. The van der Waals surface area contributed by atoms with Crippen LogP contribution in [0.25, 0.3) is 0 Å². The van der Waals surface area contributed by atoms with E-state index < -0.39 is 14.9 Å². The third-order valence-electron chi connectivity index (χ3n) is 2.35. The quantitative estimate of drug-likeness (QED) is 0.568. The average molecular weight is 366 g/mol. The molecule has 0 aliphatic heterocycles. The summed E-state index contributed by atoms with van der Waals surface area (Å²) in [4.78, 5) is 10.1. The number of nitrogens with one attached hydrogen (secondary N) is 2. The molecule has 1 rings (SSSR count). The van der Waals surface area contributed by atoms with E-state index in [0.29, 0.717) is 11.0 Å². The summed E-state index contributed by atoms with van der Waals surface area (Å²) in [6.07, 6.45) is 0. The molecule has 0 aromatic heterocycles. The predicted molar refractivity (Wildman–Crippen MR) is 81.3 cm³/mol. The number of benzene rings is 1. The van der Waals surface area contributed by atoms with E-state index in [4.69, 9.17) is 0 Å².